The van der Waals surface area contributed by atoms with E-state index in [-0.39, 0.29) is 17.0 Å². The summed E-state index contributed by atoms with van der Waals surface area (Å²) in [6.45, 7) is 5.72. The second-order valence-electron chi connectivity index (χ2n) is 9.12. The molecule has 0 saturated carbocycles. The minimum atomic E-state index is -0.899. The number of aromatic nitrogens is 3. The smallest absolute Gasteiger partial charge is 0.301 e. The van der Waals surface area contributed by atoms with E-state index in [2.05, 4.69) is 9.97 Å². The molecule has 2 aromatic carbocycles. The Morgan fingerprint density at radius 2 is 1.78 bits per heavy atom. The summed E-state index contributed by atoms with van der Waals surface area (Å²) in [6, 6.07) is 15.6. The number of ketones is 1. The van der Waals surface area contributed by atoms with Gasteiger partial charge < -0.3 is 9.51 Å². The molecule has 5 aromatic rings. The molecule has 0 bridgehead atoms. The van der Waals surface area contributed by atoms with E-state index in [0.717, 1.165) is 21.3 Å². The van der Waals surface area contributed by atoms with Crippen molar-refractivity contribution in [1.29, 1.82) is 0 Å². The van der Waals surface area contributed by atoms with Crippen LogP contribution in [0.3, 0.4) is 0 Å². The highest BCUT2D eigenvalue weighted by atomic mass is 35.5. The molecule has 1 N–H and O–H groups in total. The molecule has 1 fully saturated rings. The number of hydrogen-bond donors (Lipinski definition) is 1. The lowest BCUT2D eigenvalue weighted by molar-refractivity contribution is -0.132. The van der Waals surface area contributed by atoms with Crippen LogP contribution >= 0.6 is 22.9 Å². The molecule has 1 atom stereocenters. The third-order valence-corrected chi connectivity index (χ3v) is 7.95. The normalized spacial score (nSPS) is 17.4. The average molecular weight is 529 g/mol. The zero-order valence-electron chi connectivity index (χ0n) is 20.2. The fourth-order valence-corrected chi connectivity index (χ4v) is 6.00. The Labute approximate surface area is 221 Å². The summed E-state index contributed by atoms with van der Waals surface area (Å²) in [7, 11) is 0. The van der Waals surface area contributed by atoms with E-state index < -0.39 is 17.7 Å². The van der Waals surface area contributed by atoms with E-state index >= 15 is 0 Å². The van der Waals surface area contributed by atoms with E-state index in [4.69, 9.17) is 11.6 Å². The fourth-order valence-electron chi connectivity index (χ4n) is 4.79. The van der Waals surface area contributed by atoms with Gasteiger partial charge in [-0.2, -0.15) is 0 Å². The van der Waals surface area contributed by atoms with Crippen LogP contribution in [0.1, 0.15) is 34.1 Å². The molecule has 0 radical (unpaired) electrons. The number of amides is 1. The Bertz CT molecular complexity index is 1780. The van der Waals surface area contributed by atoms with Crippen LogP contribution < -0.4 is 4.90 Å². The molecule has 4 heterocycles. The maximum Gasteiger partial charge on any atom is 0.301 e. The largest absolute Gasteiger partial charge is 0.505 e. The van der Waals surface area contributed by atoms with Crippen molar-refractivity contribution in [2.24, 2.45) is 0 Å². The minimum Gasteiger partial charge on any atom is -0.505 e. The summed E-state index contributed by atoms with van der Waals surface area (Å²) in [5, 5.41) is 12.5. The quantitative estimate of drug-likeness (QED) is 0.172. The number of imidazole rings is 1. The summed E-state index contributed by atoms with van der Waals surface area (Å²) in [5.74, 6) is -1.87. The number of Topliss-reactive ketones (excluding diaryl/α,β-unsaturated/α-hetero) is 1. The number of halogens is 1. The van der Waals surface area contributed by atoms with E-state index in [1.807, 2.05) is 61.7 Å². The Morgan fingerprint density at radius 3 is 2.51 bits per heavy atom. The second kappa shape index (κ2) is 8.54. The average Bonchev–Trinajstić information content (AvgIpc) is 3.52. The van der Waals surface area contributed by atoms with E-state index in [9.17, 15) is 14.7 Å². The van der Waals surface area contributed by atoms with E-state index in [1.54, 1.807) is 24.3 Å². The molecular formula is C28H21ClN4O3S. The monoisotopic (exact) mass is 528 g/mol. The zero-order chi connectivity index (χ0) is 26.0. The van der Waals surface area contributed by atoms with Gasteiger partial charge in [0.05, 0.1) is 27.5 Å². The van der Waals surface area contributed by atoms with Gasteiger partial charge in [0.1, 0.15) is 11.3 Å². The lowest BCUT2D eigenvalue weighted by Crippen LogP contribution is -2.29. The number of hydrogen-bond acceptors (Lipinski definition) is 6. The van der Waals surface area contributed by atoms with Gasteiger partial charge in [-0.3, -0.25) is 14.5 Å². The molecule has 37 heavy (non-hydrogen) atoms. The van der Waals surface area contributed by atoms with Gasteiger partial charge in [-0.15, -0.1) is 0 Å². The Morgan fingerprint density at radius 1 is 1.03 bits per heavy atom. The standard InChI is InChI=1S/C28H21ClN4O3S/c1-14-6-11-19-20(13-14)37-28(30-19)33-23(17-7-9-18(29)10-8-17)21(25(35)27(33)36)24(34)22-16(3)32-12-4-5-15(2)26(32)31-22/h4-13,23,34H,1-3H3. The third-order valence-electron chi connectivity index (χ3n) is 6.68. The van der Waals surface area contributed by atoms with Crippen molar-refractivity contribution in [1.82, 2.24) is 14.4 Å². The highest BCUT2D eigenvalue weighted by Crippen LogP contribution is 2.44. The van der Waals surface area contributed by atoms with Crippen LogP contribution in [0.15, 0.2) is 66.4 Å². The molecule has 3 aromatic heterocycles. The molecule has 0 spiro atoms. The number of thiazole rings is 1. The number of aliphatic hydroxyl groups is 1. The molecule has 6 rings (SSSR count). The highest BCUT2D eigenvalue weighted by Gasteiger charge is 2.48. The predicted molar refractivity (Wildman–Crippen MR) is 145 cm³/mol. The number of aryl methyl sites for hydroxylation is 3. The fraction of sp³-hybridized carbons (Fsp3) is 0.143. The first-order chi connectivity index (χ1) is 17.7. The molecule has 1 saturated heterocycles. The van der Waals surface area contributed by atoms with Gasteiger partial charge in [0.25, 0.3) is 5.78 Å². The topological polar surface area (TPSA) is 87.8 Å². The van der Waals surface area contributed by atoms with Gasteiger partial charge in [0, 0.05) is 11.2 Å². The van der Waals surface area contributed by atoms with Crippen molar-refractivity contribution in [3.8, 4) is 0 Å². The van der Waals surface area contributed by atoms with Crippen LogP contribution in [0.25, 0.3) is 21.6 Å². The molecule has 1 unspecified atom stereocenters. The van der Waals surface area contributed by atoms with Crippen molar-refractivity contribution < 1.29 is 14.7 Å². The van der Waals surface area contributed by atoms with Gasteiger partial charge >= 0.3 is 5.91 Å². The number of anilines is 1. The number of nitrogens with zero attached hydrogens (tertiary/aromatic N) is 4. The minimum absolute atomic E-state index is 0.0353. The summed E-state index contributed by atoms with van der Waals surface area (Å²) >= 11 is 7.47. The summed E-state index contributed by atoms with van der Waals surface area (Å²) in [4.78, 5) is 37.7. The van der Waals surface area contributed by atoms with E-state index in [0.29, 0.717) is 27.1 Å². The second-order valence-corrected chi connectivity index (χ2v) is 10.6. The maximum absolute atomic E-state index is 13.5. The van der Waals surface area contributed by atoms with Gasteiger partial charge in [-0.25, -0.2) is 9.97 Å². The van der Waals surface area contributed by atoms with Gasteiger partial charge in [0.15, 0.2) is 10.9 Å². The van der Waals surface area contributed by atoms with Crippen molar-refractivity contribution in [2.45, 2.75) is 26.8 Å². The first-order valence-corrected chi connectivity index (χ1v) is 12.8. The van der Waals surface area contributed by atoms with Crippen molar-refractivity contribution >= 4 is 61.4 Å². The molecule has 184 valence electrons. The maximum atomic E-state index is 13.5. The number of rotatable bonds is 3. The van der Waals surface area contributed by atoms with Crippen molar-refractivity contribution in [3.63, 3.8) is 0 Å². The first kappa shape index (κ1) is 23.4. The highest BCUT2D eigenvalue weighted by molar-refractivity contribution is 7.22. The van der Waals surface area contributed by atoms with Crippen LogP contribution in [-0.2, 0) is 9.59 Å². The van der Waals surface area contributed by atoms with Gasteiger partial charge in [-0.1, -0.05) is 47.2 Å². The molecule has 9 heteroatoms. The Kier molecular flexibility index (Phi) is 5.40. The molecule has 0 aliphatic carbocycles. The number of carbonyl (C=O) groups excluding carboxylic acids is 2. The van der Waals surface area contributed by atoms with Gasteiger partial charge in [-0.05, 0) is 67.8 Å². The number of fused-ring (bicyclic) bond motifs is 2. The predicted octanol–water partition coefficient (Wildman–Crippen LogP) is 6.15. The van der Waals surface area contributed by atoms with Crippen LogP contribution in [-0.4, -0.2) is 31.2 Å². The Hall–Kier alpha value is -4.01. The lowest BCUT2D eigenvalue weighted by atomic mass is 9.96. The SMILES string of the molecule is Cc1ccc2nc(N3C(=O)C(=O)C(=C(O)c4nc5c(C)cccn5c4C)C3c3ccc(Cl)cc3)sc2c1. The van der Waals surface area contributed by atoms with Crippen molar-refractivity contribution in [2.75, 3.05) is 4.90 Å². The zero-order valence-corrected chi connectivity index (χ0v) is 21.8. The lowest BCUT2D eigenvalue weighted by Gasteiger charge is -2.22. The number of benzene rings is 2. The number of aliphatic hydroxyl groups excluding tert-OH is 1. The molecular weight excluding hydrogens is 508 g/mol. The van der Waals surface area contributed by atoms with Crippen LogP contribution in [0.5, 0.6) is 0 Å². The van der Waals surface area contributed by atoms with E-state index in [1.165, 1.54) is 16.2 Å². The van der Waals surface area contributed by atoms with Crippen LogP contribution in [0.2, 0.25) is 5.02 Å². The third kappa shape index (κ3) is 3.63. The van der Waals surface area contributed by atoms with Crippen molar-refractivity contribution in [3.05, 3.63) is 99.5 Å². The summed E-state index contributed by atoms with van der Waals surface area (Å²) in [5.41, 5.74) is 4.89. The number of pyridine rings is 1. The first-order valence-electron chi connectivity index (χ1n) is 11.6. The Balaban J connectivity index is 1.60. The van der Waals surface area contributed by atoms with Crippen LogP contribution in [0, 0.1) is 20.8 Å². The molecule has 7 nitrogen and oxygen atoms in total. The number of carbonyl (C=O) groups is 2. The molecule has 1 aliphatic rings. The summed E-state index contributed by atoms with van der Waals surface area (Å²) in [6.07, 6.45) is 1.85. The molecule has 1 amide bonds. The molecule has 1 aliphatic heterocycles. The summed E-state index contributed by atoms with van der Waals surface area (Å²) < 4.78 is 2.76. The van der Waals surface area contributed by atoms with Gasteiger partial charge in [0.2, 0.25) is 0 Å². The van der Waals surface area contributed by atoms with Crippen LogP contribution in [0.4, 0.5) is 5.13 Å².